The van der Waals surface area contributed by atoms with Crippen molar-refractivity contribution >= 4 is 11.9 Å². The molecule has 0 aliphatic heterocycles. The Kier molecular flexibility index (Phi) is 7.06. The first-order chi connectivity index (χ1) is 11.0. The fourth-order valence-corrected chi connectivity index (χ4v) is 4.31. The second kappa shape index (κ2) is 8.17. The van der Waals surface area contributed by atoms with Crippen molar-refractivity contribution in [3.05, 3.63) is 11.6 Å². The van der Waals surface area contributed by atoms with E-state index in [4.69, 9.17) is 0 Å². The first-order valence-corrected chi connectivity index (χ1v) is 9.23. The lowest BCUT2D eigenvalue weighted by Crippen LogP contribution is -2.44. The Morgan fingerprint density at radius 1 is 1.04 bits per heavy atom. The second-order valence-electron chi connectivity index (χ2n) is 8.35. The van der Waals surface area contributed by atoms with Gasteiger partial charge in [-0.15, -0.1) is 0 Å². The Morgan fingerprint density at radius 2 is 1.50 bits per heavy atom. The van der Waals surface area contributed by atoms with Gasteiger partial charge in [-0.1, -0.05) is 66.9 Å². The van der Waals surface area contributed by atoms with Gasteiger partial charge in [-0.25, -0.2) is 0 Å². The molecule has 24 heavy (non-hydrogen) atoms. The predicted molar refractivity (Wildman–Crippen MR) is 95.7 cm³/mol. The maximum Gasteiger partial charge on any atom is 0.325 e. The van der Waals surface area contributed by atoms with Crippen molar-refractivity contribution in [3.63, 3.8) is 0 Å². The lowest BCUT2D eigenvalue weighted by Gasteiger charge is -2.37. The van der Waals surface area contributed by atoms with Crippen molar-refractivity contribution < 1.29 is 19.8 Å². The van der Waals surface area contributed by atoms with Crippen LogP contribution in [-0.4, -0.2) is 22.2 Å². The summed E-state index contributed by atoms with van der Waals surface area (Å²) in [5.41, 5.74) is -1.25. The SMILES string of the molecule is CC(C)CC(C(=O)O)(C(=O)O)C(=CC1C(C)CCCC1C)C(C)C. The smallest absolute Gasteiger partial charge is 0.325 e. The van der Waals surface area contributed by atoms with Gasteiger partial charge in [0.1, 0.15) is 0 Å². The van der Waals surface area contributed by atoms with E-state index in [9.17, 15) is 19.8 Å². The monoisotopic (exact) mass is 338 g/mol. The summed E-state index contributed by atoms with van der Waals surface area (Å²) in [5, 5.41) is 19.8. The Balaban J connectivity index is 3.48. The molecule has 0 spiro atoms. The number of rotatable bonds is 7. The standard InChI is InChI=1S/C20H34O4/c1-12(2)11-20(18(21)22,19(23)24)17(13(3)4)10-16-14(5)8-7-9-15(16)6/h10,12-16H,7-9,11H2,1-6H3,(H,21,22)(H,23,24). The minimum atomic E-state index is -1.82. The zero-order valence-corrected chi connectivity index (χ0v) is 16.0. The van der Waals surface area contributed by atoms with Gasteiger partial charge in [0.15, 0.2) is 5.41 Å². The van der Waals surface area contributed by atoms with Crippen molar-refractivity contribution in [3.8, 4) is 0 Å². The van der Waals surface area contributed by atoms with Crippen LogP contribution in [0.1, 0.15) is 67.2 Å². The molecule has 1 rings (SSSR count). The number of carboxylic acids is 2. The number of aliphatic carboxylic acids is 2. The lowest BCUT2D eigenvalue weighted by molar-refractivity contribution is -0.163. The van der Waals surface area contributed by atoms with Crippen LogP contribution in [0, 0.1) is 35.0 Å². The highest BCUT2D eigenvalue weighted by atomic mass is 16.4. The Labute approximate surface area is 146 Å². The summed E-state index contributed by atoms with van der Waals surface area (Å²) >= 11 is 0. The fourth-order valence-electron chi connectivity index (χ4n) is 4.31. The highest BCUT2D eigenvalue weighted by Gasteiger charge is 2.51. The second-order valence-corrected chi connectivity index (χ2v) is 8.35. The molecule has 0 aromatic carbocycles. The molecule has 2 atom stereocenters. The van der Waals surface area contributed by atoms with Crippen molar-refractivity contribution in [1.29, 1.82) is 0 Å². The molecule has 0 heterocycles. The molecule has 1 aliphatic rings. The van der Waals surface area contributed by atoms with Crippen LogP contribution >= 0.6 is 0 Å². The first kappa shape index (κ1) is 20.7. The summed E-state index contributed by atoms with van der Waals surface area (Å²) in [6, 6.07) is 0. The van der Waals surface area contributed by atoms with Crippen LogP contribution in [-0.2, 0) is 9.59 Å². The van der Waals surface area contributed by atoms with E-state index in [1.165, 1.54) is 6.42 Å². The van der Waals surface area contributed by atoms with Gasteiger partial charge in [-0.05, 0) is 41.6 Å². The fraction of sp³-hybridized carbons (Fsp3) is 0.800. The molecule has 0 aromatic heterocycles. The van der Waals surface area contributed by atoms with Gasteiger partial charge >= 0.3 is 11.9 Å². The highest BCUT2D eigenvalue weighted by Crippen LogP contribution is 2.44. The van der Waals surface area contributed by atoms with Crippen LogP contribution in [0.3, 0.4) is 0 Å². The third kappa shape index (κ3) is 4.20. The van der Waals surface area contributed by atoms with Crippen LogP contribution < -0.4 is 0 Å². The average molecular weight is 338 g/mol. The lowest BCUT2D eigenvalue weighted by atomic mass is 9.66. The molecular formula is C20H34O4. The van der Waals surface area contributed by atoms with E-state index < -0.39 is 17.4 Å². The van der Waals surface area contributed by atoms with Gasteiger partial charge in [-0.3, -0.25) is 9.59 Å². The van der Waals surface area contributed by atoms with Crippen LogP contribution in [0.5, 0.6) is 0 Å². The molecule has 0 bridgehead atoms. The number of allylic oxidation sites excluding steroid dienone is 1. The van der Waals surface area contributed by atoms with Crippen LogP contribution in [0.2, 0.25) is 0 Å². The van der Waals surface area contributed by atoms with Gasteiger partial charge in [0, 0.05) is 0 Å². The normalized spacial score (nSPS) is 26.0. The molecule has 0 aromatic rings. The quantitative estimate of drug-likeness (QED) is 0.514. The number of hydrogen-bond acceptors (Lipinski definition) is 2. The average Bonchev–Trinajstić information content (AvgIpc) is 2.43. The minimum Gasteiger partial charge on any atom is -0.480 e. The Hall–Kier alpha value is -1.32. The van der Waals surface area contributed by atoms with E-state index in [0.717, 1.165) is 12.8 Å². The maximum absolute atomic E-state index is 12.1. The molecule has 2 unspecified atom stereocenters. The molecule has 1 aliphatic carbocycles. The summed E-state index contributed by atoms with van der Waals surface area (Å²) in [7, 11) is 0. The molecule has 138 valence electrons. The van der Waals surface area contributed by atoms with Gasteiger partial charge in [-0.2, -0.15) is 0 Å². The minimum absolute atomic E-state index is 0.0134. The van der Waals surface area contributed by atoms with E-state index in [1.807, 2.05) is 33.8 Å². The van der Waals surface area contributed by atoms with Crippen LogP contribution in [0.15, 0.2) is 11.6 Å². The molecule has 1 fully saturated rings. The zero-order valence-electron chi connectivity index (χ0n) is 16.0. The number of carboxylic acid groups (broad SMARTS) is 2. The third-order valence-electron chi connectivity index (χ3n) is 5.56. The van der Waals surface area contributed by atoms with E-state index in [1.54, 1.807) is 0 Å². The highest BCUT2D eigenvalue weighted by molar-refractivity contribution is 6.02. The van der Waals surface area contributed by atoms with Gasteiger partial charge in [0.05, 0.1) is 0 Å². The summed E-state index contributed by atoms with van der Waals surface area (Å²) in [6.07, 6.45) is 5.57. The van der Waals surface area contributed by atoms with Crippen molar-refractivity contribution in [1.82, 2.24) is 0 Å². The molecule has 0 amide bonds. The number of carbonyl (C=O) groups is 2. The van der Waals surface area contributed by atoms with Crippen molar-refractivity contribution in [2.24, 2.45) is 35.0 Å². The maximum atomic E-state index is 12.1. The largest absolute Gasteiger partial charge is 0.480 e. The van der Waals surface area contributed by atoms with E-state index in [-0.39, 0.29) is 24.2 Å². The summed E-state index contributed by atoms with van der Waals surface area (Å²) in [4.78, 5) is 24.3. The molecule has 4 heteroatoms. The topological polar surface area (TPSA) is 74.6 Å². The molecule has 0 radical (unpaired) electrons. The summed E-state index contributed by atoms with van der Waals surface area (Å²) in [5.74, 6) is -1.43. The molecule has 1 saturated carbocycles. The van der Waals surface area contributed by atoms with Gasteiger partial charge < -0.3 is 10.2 Å². The van der Waals surface area contributed by atoms with E-state index in [0.29, 0.717) is 17.4 Å². The van der Waals surface area contributed by atoms with Gasteiger partial charge in [0.2, 0.25) is 0 Å². The first-order valence-electron chi connectivity index (χ1n) is 9.23. The Bertz CT molecular complexity index is 466. The van der Waals surface area contributed by atoms with Crippen molar-refractivity contribution in [2.45, 2.75) is 67.2 Å². The van der Waals surface area contributed by atoms with E-state index >= 15 is 0 Å². The van der Waals surface area contributed by atoms with Crippen LogP contribution in [0.25, 0.3) is 0 Å². The number of hydrogen-bond donors (Lipinski definition) is 2. The summed E-state index contributed by atoms with van der Waals surface area (Å²) < 4.78 is 0. The molecule has 2 N–H and O–H groups in total. The van der Waals surface area contributed by atoms with Gasteiger partial charge in [0.25, 0.3) is 0 Å². The van der Waals surface area contributed by atoms with Crippen LogP contribution in [0.4, 0.5) is 0 Å². The molecular weight excluding hydrogens is 304 g/mol. The zero-order chi connectivity index (χ0) is 18.7. The molecule has 4 nitrogen and oxygen atoms in total. The molecule has 0 saturated heterocycles. The summed E-state index contributed by atoms with van der Waals surface area (Å²) in [6.45, 7) is 12.0. The Morgan fingerprint density at radius 3 is 1.83 bits per heavy atom. The third-order valence-corrected chi connectivity index (χ3v) is 5.56. The van der Waals surface area contributed by atoms with Crippen molar-refractivity contribution in [2.75, 3.05) is 0 Å². The predicted octanol–water partition coefficient (Wildman–Crippen LogP) is 4.84. The van der Waals surface area contributed by atoms with E-state index in [2.05, 4.69) is 13.8 Å².